The van der Waals surface area contributed by atoms with Crippen LogP contribution in [-0.2, 0) is 0 Å². The Hall–Kier alpha value is -2.08. The molecule has 0 aliphatic carbocycles. The maximum Gasteiger partial charge on any atom is 0.261 e. The van der Waals surface area contributed by atoms with E-state index in [0.29, 0.717) is 10.7 Å². The smallest absolute Gasteiger partial charge is 0.261 e. The van der Waals surface area contributed by atoms with Gasteiger partial charge in [0, 0.05) is 0 Å². The van der Waals surface area contributed by atoms with E-state index in [0.717, 1.165) is 0 Å². The van der Waals surface area contributed by atoms with Gasteiger partial charge >= 0.3 is 0 Å². The molecule has 1 amide bonds. The van der Waals surface area contributed by atoms with Crippen LogP contribution in [0.15, 0.2) is 40.9 Å². The first kappa shape index (κ1) is 17.7. The number of benzene rings is 2. The van der Waals surface area contributed by atoms with Crippen LogP contribution in [0.25, 0.3) is 11.3 Å². The fourth-order valence-electron chi connectivity index (χ4n) is 2.32. The first-order chi connectivity index (χ1) is 11.9. The lowest BCUT2D eigenvalue weighted by molar-refractivity contribution is 0.102. The third-order valence-corrected chi connectivity index (χ3v) is 4.62. The van der Waals surface area contributed by atoms with Gasteiger partial charge in [0.15, 0.2) is 0 Å². The van der Waals surface area contributed by atoms with E-state index in [1.807, 2.05) is 0 Å². The minimum absolute atomic E-state index is 0.0104. The van der Waals surface area contributed by atoms with Gasteiger partial charge < -0.3 is 9.84 Å². The molecule has 3 aromatic rings. The summed E-state index contributed by atoms with van der Waals surface area (Å²) in [5, 5.41) is 7.01. The number of carbonyl (C=O) groups excluding carboxylic acids is 1. The van der Waals surface area contributed by atoms with Gasteiger partial charge in [-0.2, -0.15) is 0 Å². The molecule has 2 aromatic carbocycles. The highest BCUT2D eigenvalue weighted by atomic mass is 35.5. The van der Waals surface area contributed by atoms with E-state index in [1.54, 1.807) is 25.1 Å². The molecule has 0 bridgehead atoms. The number of halogens is 4. The molecular formula is C17H10Cl3FN2O2. The van der Waals surface area contributed by atoms with Crippen LogP contribution in [0.1, 0.15) is 16.1 Å². The van der Waals surface area contributed by atoms with Gasteiger partial charge in [-0.3, -0.25) is 4.79 Å². The van der Waals surface area contributed by atoms with Crippen LogP contribution >= 0.6 is 34.8 Å². The summed E-state index contributed by atoms with van der Waals surface area (Å²) in [5.41, 5.74) is 0.369. The van der Waals surface area contributed by atoms with Crippen LogP contribution in [0.4, 0.5) is 10.1 Å². The number of hydrogen-bond acceptors (Lipinski definition) is 3. The van der Waals surface area contributed by atoms with Gasteiger partial charge in [-0.15, -0.1) is 0 Å². The van der Waals surface area contributed by atoms with Crippen LogP contribution < -0.4 is 5.32 Å². The normalized spacial score (nSPS) is 10.8. The number of aryl methyl sites for hydroxylation is 1. The minimum atomic E-state index is -0.615. The van der Waals surface area contributed by atoms with Gasteiger partial charge in [0.05, 0.1) is 26.3 Å². The largest absolute Gasteiger partial charge is 0.360 e. The summed E-state index contributed by atoms with van der Waals surface area (Å²) in [4.78, 5) is 12.7. The fourth-order valence-corrected chi connectivity index (χ4v) is 2.92. The maximum atomic E-state index is 14.2. The Kier molecular flexibility index (Phi) is 4.99. The van der Waals surface area contributed by atoms with Crippen LogP contribution in [-0.4, -0.2) is 11.1 Å². The van der Waals surface area contributed by atoms with Gasteiger partial charge in [0.25, 0.3) is 5.91 Å². The molecule has 128 valence electrons. The molecule has 4 nitrogen and oxygen atoms in total. The standard InChI is InChI=1S/C17H10Cl3FN2O2/c1-8-13(17(24)22-12-7-3-5-10(19)15(12)20)16(23-25-8)14-9(18)4-2-6-11(14)21/h2-7H,1H3,(H,22,24). The molecule has 8 heteroatoms. The lowest BCUT2D eigenvalue weighted by Crippen LogP contribution is -2.14. The zero-order chi connectivity index (χ0) is 18.1. The number of hydrogen-bond donors (Lipinski definition) is 1. The zero-order valence-electron chi connectivity index (χ0n) is 12.7. The lowest BCUT2D eigenvalue weighted by atomic mass is 10.0. The summed E-state index contributed by atoms with van der Waals surface area (Å²) in [5.74, 6) is -0.974. The van der Waals surface area contributed by atoms with Crippen molar-refractivity contribution in [1.29, 1.82) is 0 Å². The van der Waals surface area contributed by atoms with Crippen molar-refractivity contribution in [3.63, 3.8) is 0 Å². The molecule has 25 heavy (non-hydrogen) atoms. The highest BCUT2D eigenvalue weighted by molar-refractivity contribution is 6.44. The lowest BCUT2D eigenvalue weighted by Gasteiger charge is -2.09. The predicted molar refractivity (Wildman–Crippen MR) is 96.1 cm³/mol. The Labute approximate surface area is 157 Å². The molecular weight excluding hydrogens is 390 g/mol. The third kappa shape index (κ3) is 3.35. The molecule has 0 saturated heterocycles. The highest BCUT2D eigenvalue weighted by Crippen LogP contribution is 2.35. The van der Waals surface area contributed by atoms with Crippen molar-refractivity contribution in [2.24, 2.45) is 0 Å². The highest BCUT2D eigenvalue weighted by Gasteiger charge is 2.26. The molecule has 0 aliphatic rings. The molecule has 0 saturated carbocycles. The van der Waals surface area contributed by atoms with Crippen molar-refractivity contribution in [2.75, 3.05) is 5.32 Å². The summed E-state index contributed by atoms with van der Waals surface area (Å²) in [7, 11) is 0. The molecule has 0 unspecified atom stereocenters. The van der Waals surface area contributed by atoms with E-state index in [4.69, 9.17) is 39.3 Å². The topological polar surface area (TPSA) is 55.1 Å². The van der Waals surface area contributed by atoms with E-state index < -0.39 is 11.7 Å². The van der Waals surface area contributed by atoms with Gasteiger partial charge in [0.1, 0.15) is 22.8 Å². The summed E-state index contributed by atoms with van der Waals surface area (Å²) >= 11 is 18.1. The van der Waals surface area contributed by atoms with E-state index >= 15 is 0 Å². The first-order valence-corrected chi connectivity index (χ1v) is 8.19. The molecule has 1 heterocycles. The number of aromatic nitrogens is 1. The number of amides is 1. The monoisotopic (exact) mass is 398 g/mol. The second kappa shape index (κ2) is 7.04. The molecule has 0 fully saturated rings. The molecule has 0 spiro atoms. The molecule has 0 atom stereocenters. The van der Waals surface area contributed by atoms with Gasteiger partial charge in [-0.05, 0) is 31.2 Å². The van der Waals surface area contributed by atoms with Crippen molar-refractivity contribution >= 4 is 46.4 Å². The molecule has 0 aliphatic heterocycles. The Bertz CT molecular complexity index is 952. The zero-order valence-corrected chi connectivity index (χ0v) is 15.0. The Morgan fingerprint density at radius 3 is 2.52 bits per heavy atom. The number of nitrogens with one attached hydrogen (secondary N) is 1. The average Bonchev–Trinajstić information content (AvgIpc) is 2.93. The van der Waals surface area contributed by atoms with E-state index in [9.17, 15) is 9.18 Å². The van der Waals surface area contributed by atoms with Gasteiger partial charge in [-0.25, -0.2) is 4.39 Å². The Morgan fingerprint density at radius 2 is 1.80 bits per heavy atom. The Balaban J connectivity index is 2.05. The first-order valence-electron chi connectivity index (χ1n) is 7.06. The number of carbonyl (C=O) groups is 1. The molecule has 1 aromatic heterocycles. The molecule has 1 N–H and O–H groups in total. The molecule has 0 radical (unpaired) electrons. The van der Waals surface area contributed by atoms with Crippen LogP contribution in [0.5, 0.6) is 0 Å². The van der Waals surface area contributed by atoms with Crippen molar-refractivity contribution < 1.29 is 13.7 Å². The average molecular weight is 400 g/mol. The van der Waals surface area contributed by atoms with Gasteiger partial charge in [-0.1, -0.05) is 52.1 Å². The van der Waals surface area contributed by atoms with Crippen LogP contribution in [0.3, 0.4) is 0 Å². The predicted octanol–water partition coefficient (Wildman–Crippen LogP) is 6.00. The van der Waals surface area contributed by atoms with E-state index in [1.165, 1.54) is 18.2 Å². The molecule has 3 rings (SSSR count). The van der Waals surface area contributed by atoms with Crippen molar-refractivity contribution in [1.82, 2.24) is 5.16 Å². The number of nitrogens with zero attached hydrogens (tertiary/aromatic N) is 1. The van der Waals surface area contributed by atoms with Gasteiger partial charge in [0.2, 0.25) is 0 Å². The summed E-state index contributed by atoms with van der Waals surface area (Å²) in [6.45, 7) is 1.54. The quantitative estimate of drug-likeness (QED) is 0.587. The third-order valence-electron chi connectivity index (χ3n) is 3.49. The van der Waals surface area contributed by atoms with Crippen molar-refractivity contribution in [2.45, 2.75) is 6.92 Å². The second-order valence-corrected chi connectivity index (χ2v) is 6.31. The fraction of sp³-hybridized carbons (Fsp3) is 0.0588. The SMILES string of the molecule is Cc1onc(-c2c(F)cccc2Cl)c1C(=O)Nc1cccc(Cl)c1Cl. The summed E-state index contributed by atoms with van der Waals surface area (Å²) in [6, 6.07) is 9.00. The number of anilines is 1. The van der Waals surface area contributed by atoms with Crippen LogP contribution in [0.2, 0.25) is 15.1 Å². The number of rotatable bonds is 3. The summed E-state index contributed by atoms with van der Waals surface area (Å²) in [6.07, 6.45) is 0. The van der Waals surface area contributed by atoms with Crippen molar-refractivity contribution in [3.05, 3.63) is 68.6 Å². The van der Waals surface area contributed by atoms with Crippen molar-refractivity contribution in [3.8, 4) is 11.3 Å². The second-order valence-electron chi connectivity index (χ2n) is 5.11. The maximum absolute atomic E-state index is 14.2. The summed E-state index contributed by atoms with van der Waals surface area (Å²) < 4.78 is 19.3. The van der Waals surface area contributed by atoms with Crippen LogP contribution in [0, 0.1) is 12.7 Å². The minimum Gasteiger partial charge on any atom is -0.360 e. The Morgan fingerprint density at radius 1 is 1.12 bits per heavy atom. The van der Waals surface area contributed by atoms with E-state index in [-0.39, 0.29) is 32.6 Å². The van der Waals surface area contributed by atoms with E-state index in [2.05, 4.69) is 10.5 Å².